The summed E-state index contributed by atoms with van der Waals surface area (Å²) < 4.78 is 13.7. The highest BCUT2D eigenvalue weighted by Gasteiger charge is 2.13. The van der Waals surface area contributed by atoms with E-state index in [9.17, 15) is 4.39 Å². The summed E-state index contributed by atoms with van der Waals surface area (Å²) in [6.45, 7) is -0.264. The molecule has 13 heavy (non-hydrogen) atoms. The van der Waals surface area contributed by atoms with Crippen molar-refractivity contribution >= 4 is 28.3 Å². The van der Waals surface area contributed by atoms with Gasteiger partial charge in [0.1, 0.15) is 5.82 Å². The van der Waals surface area contributed by atoms with Gasteiger partial charge in [-0.2, -0.15) is 0 Å². The van der Waals surface area contributed by atoms with E-state index in [1.807, 2.05) is 0 Å². The zero-order valence-corrected chi connectivity index (χ0v) is 9.11. The highest BCUT2D eigenvalue weighted by molar-refractivity contribution is 9.10. The van der Waals surface area contributed by atoms with Crippen LogP contribution in [0.25, 0.3) is 0 Å². The molecule has 3 N–H and O–H groups in total. The summed E-state index contributed by atoms with van der Waals surface area (Å²) >= 11 is 3.16. The van der Waals surface area contributed by atoms with E-state index in [1.54, 1.807) is 12.1 Å². The molecule has 0 radical (unpaired) electrons. The lowest BCUT2D eigenvalue weighted by Crippen LogP contribution is -2.16. The number of benzene rings is 1. The van der Waals surface area contributed by atoms with Gasteiger partial charge in [-0.15, -0.1) is 12.4 Å². The van der Waals surface area contributed by atoms with Crippen LogP contribution >= 0.6 is 28.3 Å². The second kappa shape index (κ2) is 5.54. The molecule has 0 aromatic heterocycles. The van der Waals surface area contributed by atoms with E-state index < -0.39 is 11.9 Å². The zero-order chi connectivity index (χ0) is 9.14. The van der Waals surface area contributed by atoms with Gasteiger partial charge in [0.2, 0.25) is 0 Å². The molecule has 74 valence electrons. The predicted octanol–water partition coefficient (Wildman–Crippen LogP) is 2.00. The molecule has 0 heterocycles. The SMILES string of the molecule is Cl.N[C@H](CO)c1c(F)cccc1Br. The van der Waals surface area contributed by atoms with Crippen molar-refractivity contribution in [3.63, 3.8) is 0 Å². The van der Waals surface area contributed by atoms with Gasteiger partial charge in [0, 0.05) is 10.0 Å². The molecule has 0 bridgehead atoms. The summed E-state index contributed by atoms with van der Waals surface area (Å²) in [6.07, 6.45) is 0. The number of halogens is 3. The Bertz CT molecular complexity index is 265. The molecule has 0 unspecified atom stereocenters. The average Bonchev–Trinajstić information content (AvgIpc) is 2.03. The van der Waals surface area contributed by atoms with Gasteiger partial charge in [-0.05, 0) is 12.1 Å². The van der Waals surface area contributed by atoms with Crippen molar-refractivity contribution in [2.75, 3.05) is 6.61 Å². The van der Waals surface area contributed by atoms with E-state index in [0.717, 1.165) is 0 Å². The maximum Gasteiger partial charge on any atom is 0.129 e. The minimum Gasteiger partial charge on any atom is -0.394 e. The van der Waals surface area contributed by atoms with Crippen LogP contribution in [0, 0.1) is 5.82 Å². The minimum atomic E-state index is -0.666. The van der Waals surface area contributed by atoms with Crippen LogP contribution in [0.2, 0.25) is 0 Å². The van der Waals surface area contributed by atoms with E-state index in [-0.39, 0.29) is 19.0 Å². The van der Waals surface area contributed by atoms with Crippen LogP contribution in [-0.2, 0) is 0 Å². The van der Waals surface area contributed by atoms with Crippen molar-refractivity contribution in [3.05, 3.63) is 34.1 Å². The largest absolute Gasteiger partial charge is 0.394 e. The number of hydrogen-bond donors (Lipinski definition) is 2. The average molecular weight is 271 g/mol. The predicted molar refractivity (Wildman–Crippen MR) is 55.4 cm³/mol. The van der Waals surface area contributed by atoms with E-state index in [0.29, 0.717) is 10.0 Å². The fraction of sp³-hybridized carbons (Fsp3) is 0.250. The minimum absolute atomic E-state index is 0. The molecular weight excluding hydrogens is 260 g/mol. The molecule has 0 fully saturated rings. The first-order valence-electron chi connectivity index (χ1n) is 3.47. The molecule has 0 aliphatic heterocycles. The zero-order valence-electron chi connectivity index (χ0n) is 6.71. The maximum absolute atomic E-state index is 13.1. The second-order valence-electron chi connectivity index (χ2n) is 2.42. The highest BCUT2D eigenvalue weighted by Crippen LogP contribution is 2.24. The summed E-state index contributed by atoms with van der Waals surface area (Å²) in [4.78, 5) is 0. The topological polar surface area (TPSA) is 46.2 Å². The van der Waals surface area contributed by atoms with Crippen LogP contribution in [-0.4, -0.2) is 11.7 Å². The Hall–Kier alpha value is -0.160. The van der Waals surface area contributed by atoms with Crippen molar-refractivity contribution in [1.82, 2.24) is 0 Å². The number of aliphatic hydroxyl groups excluding tert-OH is 1. The van der Waals surface area contributed by atoms with Crippen LogP contribution in [0.15, 0.2) is 22.7 Å². The Balaban J connectivity index is 0.00000144. The van der Waals surface area contributed by atoms with Gasteiger partial charge in [-0.1, -0.05) is 22.0 Å². The quantitative estimate of drug-likeness (QED) is 0.863. The molecule has 2 nitrogen and oxygen atoms in total. The number of rotatable bonds is 2. The fourth-order valence-electron chi connectivity index (χ4n) is 0.956. The van der Waals surface area contributed by atoms with E-state index in [1.165, 1.54) is 6.07 Å². The summed E-state index contributed by atoms with van der Waals surface area (Å²) in [5, 5.41) is 8.72. The molecule has 0 saturated carbocycles. The van der Waals surface area contributed by atoms with Crippen molar-refractivity contribution in [2.24, 2.45) is 5.73 Å². The Labute approximate surface area is 90.5 Å². The van der Waals surface area contributed by atoms with Gasteiger partial charge >= 0.3 is 0 Å². The Morgan fingerprint density at radius 1 is 1.54 bits per heavy atom. The molecule has 0 amide bonds. The molecule has 1 aromatic carbocycles. The smallest absolute Gasteiger partial charge is 0.129 e. The van der Waals surface area contributed by atoms with E-state index in [2.05, 4.69) is 15.9 Å². The first kappa shape index (κ1) is 12.8. The molecule has 0 aliphatic rings. The van der Waals surface area contributed by atoms with Crippen molar-refractivity contribution in [2.45, 2.75) is 6.04 Å². The van der Waals surface area contributed by atoms with Crippen LogP contribution in [0.3, 0.4) is 0 Å². The molecule has 1 rings (SSSR count). The fourth-order valence-corrected chi connectivity index (χ4v) is 1.59. The number of hydrogen-bond acceptors (Lipinski definition) is 2. The molecule has 1 aromatic rings. The van der Waals surface area contributed by atoms with Crippen LogP contribution < -0.4 is 5.73 Å². The Kier molecular flexibility index (Phi) is 5.48. The van der Waals surface area contributed by atoms with Crippen molar-refractivity contribution in [1.29, 1.82) is 0 Å². The number of aliphatic hydroxyl groups is 1. The second-order valence-corrected chi connectivity index (χ2v) is 3.28. The number of nitrogens with two attached hydrogens (primary N) is 1. The molecule has 0 saturated heterocycles. The van der Waals surface area contributed by atoms with Gasteiger partial charge < -0.3 is 10.8 Å². The van der Waals surface area contributed by atoms with Gasteiger partial charge in [0.15, 0.2) is 0 Å². The van der Waals surface area contributed by atoms with E-state index >= 15 is 0 Å². The lowest BCUT2D eigenvalue weighted by atomic mass is 10.1. The normalized spacial score (nSPS) is 12.0. The molecule has 0 aliphatic carbocycles. The maximum atomic E-state index is 13.1. The van der Waals surface area contributed by atoms with Crippen LogP contribution in [0.1, 0.15) is 11.6 Å². The summed E-state index contributed by atoms with van der Waals surface area (Å²) in [6, 6.07) is 3.91. The monoisotopic (exact) mass is 269 g/mol. The molecule has 1 atom stereocenters. The third kappa shape index (κ3) is 2.91. The summed E-state index contributed by atoms with van der Waals surface area (Å²) in [5.74, 6) is -0.397. The summed E-state index contributed by atoms with van der Waals surface area (Å²) in [7, 11) is 0. The van der Waals surface area contributed by atoms with Gasteiger partial charge in [0.25, 0.3) is 0 Å². The first-order valence-corrected chi connectivity index (χ1v) is 4.26. The molecule has 5 heteroatoms. The standard InChI is InChI=1S/C8H9BrFNO.ClH/c9-5-2-1-3-6(10)8(5)7(11)4-12;/h1-3,7,12H,4,11H2;1H/t7-;/m1./s1. The highest BCUT2D eigenvalue weighted by atomic mass is 79.9. The van der Waals surface area contributed by atoms with E-state index in [4.69, 9.17) is 10.8 Å². The molecular formula is C8H10BrClFNO. The van der Waals surface area contributed by atoms with Crippen molar-refractivity contribution < 1.29 is 9.50 Å². The van der Waals surface area contributed by atoms with Gasteiger partial charge in [-0.25, -0.2) is 4.39 Å². The summed E-state index contributed by atoms with van der Waals surface area (Å²) in [5.41, 5.74) is 5.80. The lowest BCUT2D eigenvalue weighted by Gasteiger charge is -2.11. The third-order valence-corrected chi connectivity index (χ3v) is 2.26. The van der Waals surface area contributed by atoms with Gasteiger partial charge in [0.05, 0.1) is 12.6 Å². The molecule has 0 spiro atoms. The third-order valence-electron chi connectivity index (χ3n) is 1.57. The van der Waals surface area contributed by atoms with Crippen molar-refractivity contribution in [3.8, 4) is 0 Å². The Morgan fingerprint density at radius 3 is 2.62 bits per heavy atom. The van der Waals surface area contributed by atoms with Crippen LogP contribution in [0.5, 0.6) is 0 Å². The Morgan fingerprint density at radius 2 is 2.15 bits per heavy atom. The van der Waals surface area contributed by atoms with Crippen LogP contribution in [0.4, 0.5) is 4.39 Å². The van der Waals surface area contributed by atoms with Gasteiger partial charge in [-0.3, -0.25) is 0 Å². The lowest BCUT2D eigenvalue weighted by molar-refractivity contribution is 0.265. The first-order chi connectivity index (χ1) is 5.66.